The quantitative estimate of drug-likeness (QED) is 0.780. The minimum absolute atomic E-state index is 0.0227. The number of halogens is 1. The first-order valence-electron chi connectivity index (χ1n) is 10.0. The Kier molecular flexibility index (Phi) is 5.97. The molecule has 4 rings (SSSR count). The summed E-state index contributed by atoms with van der Waals surface area (Å²) in [5.41, 5.74) is 2.93. The first-order chi connectivity index (χ1) is 14.1. The number of fused-ring (bicyclic) bond motifs is 1. The van der Waals surface area contributed by atoms with E-state index in [9.17, 15) is 14.3 Å². The Morgan fingerprint density at radius 2 is 1.83 bits per heavy atom. The van der Waals surface area contributed by atoms with Gasteiger partial charge in [-0.1, -0.05) is 6.07 Å². The third-order valence-corrected chi connectivity index (χ3v) is 5.45. The van der Waals surface area contributed by atoms with Gasteiger partial charge in [-0.3, -0.25) is 9.69 Å². The van der Waals surface area contributed by atoms with Gasteiger partial charge < -0.3 is 20.1 Å². The van der Waals surface area contributed by atoms with E-state index < -0.39 is 6.10 Å². The fraction of sp³-hybridized carbons (Fsp3) is 0.409. The van der Waals surface area contributed by atoms with Gasteiger partial charge in [0.25, 0.3) is 0 Å². The van der Waals surface area contributed by atoms with Gasteiger partial charge >= 0.3 is 0 Å². The molecule has 0 radical (unpaired) electrons. The normalized spacial score (nSPS) is 18.1. The smallest absolute Gasteiger partial charge is 0.224 e. The number of rotatable bonds is 6. The highest BCUT2D eigenvalue weighted by molar-refractivity contribution is 5.94. The van der Waals surface area contributed by atoms with Gasteiger partial charge in [-0.25, -0.2) is 4.39 Å². The van der Waals surface area contributed by atoms with Gasteiger partial charge in [-0.05, 0) is 42.3 Å². The van der Waals surface area contributed by atoms with Gasteiger partial charge in [0.05, 0.1) is 0 Å². The van der Waals surface area contributed by atoms with Crippen LogP contribution >= 0.6 is 0 Å². The lowest BCUT2D eigenvalue weighted by molar-refractivity contribution is -0.116. The molecule has 0 aromatic heterocycles. The van der Waals surface area contributed by atoms with Crippen molar-refractivity contribution in [3.8, 4) is 5.75 Å². The lowest BCUT2D eigenvalue weighted by Crippen LogP contribution is -2.49. The third kappa shape index (κ3) is 5.05. The van der Waals surface area contributed by atoms with Crippen LogP contribution < -0.4 is 15.0 Å². The van der Waals surface area contributed by atoms with Gasteiger partial charge in [0.15, 0.2) is 0 Å². The number of anilines is 2. The number of aliphatic hydroxyl groups excluding tert-OH is 1. The maximum absolute atomic E-state index is 13.1. The van der Waals surface area contributed by atoms with Gasteiger partial charge in [0, 0.05) is 56.6 Å². The molecule has 1 atom stereocenters. The van der Waals surface area contributed by atoms with Crippen molar-refractivity contribution in [3.05, 3.63) is 53.8 Å². The molecule has 6 nitrogen and oxygen atoms in total. The van der Waals surface area contributed by atoms with Gasteiger partial charge in [-0.15, -0.1) is 0 Å². The Morgan fingerprint density at radius 1 is 1.07 bits per heavy atom. The predicted octanol–water partition coefficient (Wildman–Crippen LogP) is 2.27. The molecule has 2 aromatic rings. The highest BCUT2D eigenvalue weighted by Crippen LogP contribution is 2.27. The number of carbonyl (C=O) groups is 1. The molecule has 154 valence electrons. The largest absolute Gasteiger partial charge is 0.491 e. The molecular formula is C22H26FN3O3. The molecule has 1 amide bonds. The van der Waals surface area contributed by atoms with Crippen molar-refractivity contribution >= 4 is 17.3 Å². The van der Waals surface area contributed by atoms with Crippen molar-refractivity contribution in [1.82, 2.24) is 4.90 Å². The number of aliphatic hydroxyl groups is 1. The van der Waals surface area contributed by atoms with Crippen molar-refractivity contribution in [2.24, 2.45) is 0 Å². The summed E-state index contributed by atoms with van der Waals surface area (Å²) in [6.07, 6.45) is 0.659. The summed E-state index contributed by atoms with van der Waals surface area (Å²) in [5, 5.41) is 13.2. The van der Waals surface area contributed by atoms with E-state index in [1.807, 2.05) is 18.2 Å². The molecule has 29 heavy (non-hydrogen) atoms. The van der Waals surface area contributed by atoms with E-state index in [-0.39, 0.29) is 18.3 Å². The Bertz CT molecular complexity index is 851. The number of hydrogen-bond acceptors (Lipinski definition) is 5. The molecule has 7 heteroatoms. The summed E-state index contributed by atoms with van der Waals surface area (Å²) in [7, 11) is 0. The first kappa shape index (κ1) is 19.7. The first-order valence-corrected chi connectivity index (χ1v) is 10.0. The van der Waals surface area contributed by atoms with Crippen LogP contribution in [0.15, 0.2) is 42.5 Å². The van der Waals surface area contributed by atoms with Crippen molar-refractivity contribution in [2.45, 2.75) is 18.9 Å². The van der Waals surface area contributed by atoms with Crippen molar-refractivity contribution in [2.75, 3.05) is 49.5 Å². The maximum Gasteiger partial charge on any atom is 0.224 e. The molecule has 0 aliphatic carbocycles. The predicted molar refractivity (Wildman–Crippen MR) is 110 cm³/mol. The topological polar surface area (TPSA) is 65.0 Å². The maximum atomic E-state index is 13.1. The van der Waals surface area contributed by atoms with E-state index in [0.29, 0.717) is 18.7 Å². The van der Waals surface area contributed by atoms with E-state index in [1.165, 1.54) is 12.1 Å². The van der Waals surface area contributed by atoms with E-state index in [2.05, 4.69) is 15.1 Å². The number of nitrogens with zero attached hydrogens (tertiary/aromatic N) is 2. The number of ether oxygens (including phenoxy) is 1. The SMILES string of the molecule is O=C1CCc2ccc(OCC(O)CN3CCN(c4ccc(F)cc4)CC3)cc2N1. The van der Waals surface area contributed by atoms with Crippen LogP contribution in [0, 0.1) is 5.82 Å². The van der Waals surface area contributed by atoms with Crippen LogP contribution in [0.25, 0.3) is 0 Å². The molecule has 0 saturated carbocycles. The third-order valence-electron chi connectivity index (χ3n) is 5.45. The minimum Gasteiger partial charge on any atom is -0.491 e. The number of amides is 1. The monoisotopic (exact) mass is 399 g/mol. The molecule has 2 aromatic carbocycles. The fourth-order valence-electron chi connectivity index (χ4n) is 3.82. The van der Waals surface area contributed by atoms with Crippen LogP contribution in [0.2, 0.25) is 0 Å². The minimum atomic E-state index is -0.599. The van der Waals surface area contributed by atoms with Crippen molar-refractivity contribution < 1.29 is 19.0 Å². The highest BCUT2D eigenvalue weighted by Gasteiger charge is 2.20. The van der Waals surface area contributed by atoms with E-state index in [4.69, 9.17) is 4.74 Å². The van der Waals surface area contributed by atoms with E-state index >= 15 is 0 Å². The second kappa shape index (κ2) is 8.80. The molecule has 0 bridgehead atoms. The van der Waals surface area contributed by atoms with Crippen LogP contribution in [-0.4, -0.2) is 61.3 Å². The number of nitrogens with one attached hydrogen (secondary N) is 1. The average molecular weight is 399 g/mol. The summed E-state index contributed by atoms with van der Waals surface area (Å²) < 4.78 is 18.8. The Labute approximate surface area is 169 Å². The molecule has 1 unspecified atom stereocenters. The van der Waals surface area contributed by atoms with Crippen LogP contribution in [0.5, 0.6) is 5.75 Å². The molecule has 0 spiro atoms. The second-order valence-corrected chi connectivity index (χ2v) is 7.60. The van der Waals surface area contributed by atoms with Crippen molar-refractivity contribution in [1.29, 1.82) is 0 Å². The highest BCUT2D eigenvalue weighted by atomic mass is 19.1. The number of β-amino-alcohol motifs (C(OH)–C–C–N with tert-alkyl or cyclic N) is 1. The van der Waals surface area contributed by atoms with Gasteiger partial charge in [-0.2, -0.15) is 0 Å². The second-order valence-electron chi connectivity index (χ2n) is 7.60. The fourth-order valence-corrected chi connectivity index (χ4v) is 3.82. The number of carbonyl (C=O) groups excluding carboxylic acids is 1. The van der Waals surface area contributed by atoms with Gasteiger partial charge in [0.1, 0.15) is 24.3 Å². The zero-order valence-corrected chi connectivity index (χ0v) is 16.3. The molecule has 2 aliphatic heterocycles. The number of aryl methyl sites for hydroxylation is 1. The van der Waals surface area contributed by atoms with E-state index in [1.54, 1.807) is 12.1 Å². The van der Waals surface area contributed by atoms with Gasteiger partial charge in [0.2, 0.25) is 5.91 Å². The van der Waals surface area contributed by atoms with Crippen LogP contribution in [0.3, 0.4) is 0 Å². The Balaban J connectivity index is 1.22. The molecule has 2 N–H and O–H groups in total. The molecule has 2 aliphatic rings. The zero-order chi connectivity index (χ0) is 20.2. The van der Waals surface area contributed by atoms with Crippen LogP contribution in [0.4, 0.5) is 15.8 Å². The standard InChI is InChI=1S/C22H26FN3O3/c23-17-3-5-18(6-4-17)26-11-9-25(10-12-26)14-19(27)15-29-20-7-1-16-2-8-22(28)24-21(16)13-20/h1,3-7,13,19,27H,2,8-12,14-15H2,(H,24,28). The molecule has 1 saturated heterocycles. The number of benzene rings is 2. The number of hydrogen-bond donors (Lipinski definition) is 2. The van der Waals surface area contributed by atoms with Crippen molar-refractivity contribution in [3.63, 3.8) is 0 Å². The summed E-state index contributed by atoms with van der Waals surface area (Å²) >= 11 is 0. The average Bonchev–Trinajstić information content (AvgIpc) is 2.73. The molecule has 2 heterocycles. The van der Waals surface area contributed by atoms with Crippen LogP contribution in [0.1, 0.15) is 12.0 Å². The number of piperazine rings is 1. The summed E-state index contributed by atoms with van der Waals surface area (Å²) in [6, 6.07) is 12.2. The molecular weight excluding hydrogens is 373 g/mol. The Hall–Kier alpha value is -2.64. The van der Waals surface area contributed by atoms with E-state index in [0.717, 1.165) is 49.5 Å². The van der Waals surface area contributed by atoms with Crippen LogP contribution in [-0.2, 0) is 11.2 Å². The Morgan fingerprint density at radius 3 is 2.59 bits per heavy atom. The summed E-state index contributed by atoms with van der Waals surface area (Å²) in [6.45, 7) is 4.08. The summed E-state index contributed by atoms with van der Waals surface area (Å²) in [5.74, 6) is 0.442. The summed E-state index contributed by atoms with van der Waals surface area (Å²) in [4.78, 5) is 16.0. The molecule has 1 fully saturated rings. The lowest BCUT2D eigenvalue weighted by Gasteiger charge is -2.36. The zero-order valence-electron chi connectivity index (χ0n) is 16.3. The lowest BCUT2D eigenvalue weighted by atomic mass is 10.0.